The fraction of sp³-hybridized carbons (Fsp3) is 0.462. The summed E-state index contributed by atoms with van der Waals surface area (Å²) in [6.07, 6.45) is 2.19. The quantitative estimate of drug-likeness (QED) is 0.440. The van der Waals surface area contributed by atoms with Crippen molar-refractivity contribution in [3.8, 4) is 5.75 Å². The first-order valence-corrected chi connectivity index (χ1v) is 6.79. The maximum atomic E-state index is 7.47. The van der Waals surface area contributed by atoms with E-state index in [9.17, 15) is 0 Å². The van der Waals surface area contributed by atoms with Gasteiger partial charge in [-0.25, -0.2) is 0 Å². The summed E-state index contributed by atoms with van der Waals surface area (Å²) in [5.41, 5.74) is 6.09. The molecule has 100 valence electrons. The van der Waals surface area contributed by atoms with Crippen LogP contribution < -0.4 is 10.5 Å². The second kappa shape index (κ2) is 8.11. The molecule has 0 spiro atoms. The van der Waals surface area contributed by atoms with Crippen LogP contribution in [0.15, 0.2) is 22.7 Å². The molecule has 0 saturated heterocycles. The van der Waals surface area contributed by atoms with Gasteiger partial charge in [0.25, 0.3) is 0 Å². The van der Waals surface area contributed by atoms with Crippen molar-refractivity contribution in [1.82, 2.24) is 0 Å². The molecule has 3 N–H and O–H groups in total. The van der Waals surface area contributed by atoms with Crippen LogP contribution in [0.25, 0.3) is 0 Å². The summed E-state index contributed by atoms with van der Waals surface area (Å²) in [5, 5.41) is 7.47. The van der Waals surface area contributed by atoms with Gasteiger partial charge < -0.3 is 15.2 Å². The minimum absolute atomic E-state index is 0.00408. The third kappa shape index (κ3) is 5.06. The zero-order chi connectivity index (χ0) is 13.4. The van der Waals surface area contributed by atoms with Crippen LogP contribution in [-0.2, 0) is 4.74 Å². The van der Waals surface area contributed by atoms with Crippen molar-refractivity contribution in [1.29, 1.82) is 5.41 Å². The van der Waals surface area contributed by atoms with Crippen molar-refractivity contribution in [2.75, 3.05) is 19.8 Å². The van der Waals surface area contributed by atoms with Gasteiger partial charge in [-0.3, -0.25) is 5.41 Å². The van der Waals surface area contributed by atoms with Crippen LogP contribution in [0, 0.1) is 5.41 Å². The van der Waals surface area contributed by atoms with Gasteiger partial charge in [-0.2, -0.15) is 0 Å². The lowest BCUT2D eigenvalue weighted by Crippen LogP contribution is -2.15. The number of nitrogens with two attached hydrogens (primary N) is 1. The number of amidine groups is 1. The minimum Gasteiger partial charge on any atom is -0.490 e. The van der Waals surface area contributed by atoms with E-state index in [1.807, 2.05) is 12.1 Å². The third-order valence-corrected chi connectivity index (χ3v) is 2.85. The van der Waals surface area contributed by atoms with E-state index in [4.69, 9.17) is 20.6 Å². The fourth-order valence-electron chi connectivity index (χ4n) is 1.40. The zero-order valence-corrected chi connectivity index (χ0v) is 12.1. The van der Waals surface area contributed by atoms with Crippen LogP contribution in [0.4, 0.5) is 0 Å². The molecule has 0 aliphatic carbocycles. The van der Waals surface area contributed by atoms with Gasteiger partial charge in [0, 0.05) is 11.1 Å². The van der Waals surface area contributed by atoms with E-state index in [1.165, 1.54) is 0 Å². The van der Waals surface area contributed by atoms with E-state index in [0.29, 0.717) is 24.5 Å². The first-order chi connectivity index (χ1) is 8.65. The molecule has 5 heteroatoms. The van der Waals surface area contributed by atoms with E-state index in [-0.39, 0.29) is 5.84 Å². The van der Waals surface area contributed by atoms with Crippen LogP contribution in [0.2, 0.25) is 0 Å². The standard InChI is InChI=1S/C13H19BrN2O2/c1-2-3-6-17-7-8-18-12-9-10(14)4-5-11(12)13(15)16/h4-5,9H,2-3,6-8H2,1H3,(H3,15,16). The normalized spacial score (nSPS) is 10.3. The fourth-order valence-corrected chi connectivity index (χ4v) is 1.74. The van der Waals surface area contributed by atoms with Crippen LogP contribution in [0.5, 0.6) is 5.75 Å². The van der Waals surface area contributed by atoms with Crippen LogP contribution in [0.1, 0.15) is 25.3 Å². The van der Waals surface area contributed by atoms with Crippen molar-refractivity contribution in [2.24, 2.45) is 5.73 Å². The highest BCUT2D eigenvalue weighted by atomic mass is 79.9. The summed E-state index contributed by atoms with van der Waals surface area (Å²) in [6, 6.07) is 5.41. The van der Waals surface area contributed by atoms with Gasteiger partial charge in [-0.1, -0.05) is 29.3 Å². The van der Waals surface area contributed by atoms with Gasteiger partial charge in [0.1, 0.15) is 18.2 Å². The Kier molecular flexibility index (Phi) is 6.75. The van der Waals surface area contributed by atoms with Gasteiger partial charge in [0.05, 0.1) is 12.2 Å². The summed E-state index contributed by atoms with van der Waals surface area (Å²) in [4.78, 5) is 0. The lowest BCUT2D eigenvalue weighted by atomic mass is 10.2. The SMILES string of the molecule is CCCCOCCOc1cc(Br)ccc1C(=N)N. The van der Waals surface area contributed by atoms with Crippen LogP contribution in [-0.4, -0.2) is 25.7 Å². The monoisotopic (exact) mass is 314 g/mol. The molecule has 0 unspecified atom stereocenters. The lowest BCUT2D eigenvalue weighted by Gasteiger charge is -2.11. The van der Waals surface area contributed by atoms with Crippen molar-refractivity contribution >= 4 is 21.8 Å². The number of ether oxygens (including phenoxy) is 2. The summed E-state index contributed by atoms with van der Waals surface area (Å²) < 4.78 is 11.9. The average Bonchev–Trinajstić information content (AvgIpc) is 2.33. The molecule has 0 aromatic heterocycles. The first kappa shape index (κ1) is 15.0. The first-order valence-electron chi connectivity index (χ1n) is 5.99. The lowest BCUT2D eigenvalue weighted by molar-refractivity contribution is 0.0980. The molecule has 0 bridgehead atoms. The second-order valence-corrected chi connectivity index (χ2v) is 4.78. The highest BCUT2D eigenvalue weighted by Crippen LogP contribution is 2.23. The molecule has 18 heavy (non-hydrogen) atoms. The van der Waals surface area contributed by atoms with Gasteiger partial charge in [-0.15, -0.1) is 0 Å². The van der Waals surface area contributed by atoms with Gasteiger partial charge >= 0.3 is 0 Å². The number of hydrogen-bond acceptors (Lipinski definition) is 3. The molecule has 1 rings (SSSR count). The number of benzene rings is 1. The van der Waals surface area contributed by atoms with E-state index >= 15 is 0 Å². The molecule has 0 atom stereocenters. The molecule has 0 radical (unpaired) electrons. The Hall–Kier alpha value is -1.07. The Morgan fingerprint density at radius 2 is 2.11 bits per heavy atom. The largest absolute Gasteiger partial charge is 0.490 e. The Balaban J connectivity index is 2.45. The summed E-state index contributed by atoms with van der Waals surface area (Å²) in [7, 11) is 0. The smallest absolute Gasteiger partial charge is 0.131 e. The Labute approximate surface area is 116 Å². The van der Waals surface area contributed by atoms with E-state index in [0.717, 1.165) is 23.9 Å². The highest BCUT2D eigenvalue weighted by molar-refractivity contribution is 9.10. The number of nitrogen functional groups attached to an aromatic ring is 1. The molecule has 0 aliphatic heterocycles. The van der Waals surface area contributed by atoms with E-state index < -0.39 is 0 Å². The van der Waals surface area contributed by atoms with Crippen LogP contribution >= 0.6 is 15.9 Å². The molecular formula is C13H19BrN2O2. The van der Waals surface area contributed by atoms with Crippen molar-refractivity contribution in [3.05, 3.63) is 28.2 Å². The minimum atomic E-state index is 0.00408. The predicted octanol–water partition coefficient (Wildman–Crippen LogP) is 2.93. The maximum Gasteiger partial charge on any atom is 0.131 e. The van der Waals surface area contributed by atoms with Gasteiger partial charge in [-0.05, 0) is 24.6 Å². The Morgan fingerprint density at radius 3 is 2.78 bits per heavy atom. The van der Waals surface area contributed by atoms with Crippen molar-refractivity contribution in [3.63, 3.8) is 0 Å². The molecule has 0 aliphatic rings. The Bertz CT molecular complexity index is 397. The molecule has 0 amide bonds. The molecule has 1 aromatic carbocycles. The number of unbranched alkanes of at least 4 members (excludes halogenated alkanes) is 1. The molecule has 4 nitrogen and oxygen atoms in total. The van der Waals surface area contributed by atoms with Crippen molar-refractivity contribution < 1.29 is 9.47 Å². The highest BCUT2D eigenvalue weighted by Gasteiger charge is 2.07. The zero-order valence-electron chi connectivity index (χ0n) is 10.5. The summed E-state index contributed by atoms with van der Waals surface area (Å²) in [5.74, 6) is 0.611. The predicted molar refractivity (Wildman–Crippen MR) is 76.4 cm³/mol. The number of rotatable bonds is 8. The number of hydrogen-bond donors (Lipinski definition) is 2. The summed E-state index contributed by atoms with van der Waals surface area (Å²) in [6.45, 7) is 3.89. The van der Waals surface area contributed by atoms with Gasteiger partial charge in [0.15, 0.2) is 0 Å². The molecule has 1 aromatic rings. The van der Waals surface area contributed by atoms with E-state index in [2.05, 4.69) is 22.9 Å². The topological polar surface area (TPSA) is 68.3 Å². The molecule has 0 fully saturated rings. The Morgan fingerprint density at radius 1 is 1.33 bits per heavy atom. The maximum absolute atomic E-state index is 7.47. The number of halogens is 1. The van der Waals surface area contributed by atoms with Gasteiger partial charge in [0.2, 0.25) is 0 Å². The second-order valence-electron chi connectivity index (χ2n) is 3.87. The number of nitrogens with one attached hydrogen (secondary N) is 1. The van der Waals surface area contributed by atoms with Crippen molar-refractivity contribution in [2.45, 2.75) is 19.8 Å². The molecule has 0 saturated carbocycles. The molecule has 0 heterocycles. The third-order valence-electron chi connectivity index (χ3n) is 2.36. The summed E-state index contributed by atoms with van der Waals surface area (Å²) >= 11 is 3.37. The van der Waals surface area contributed by atoms with E-state index in [1.54, 1.807) is 6.07 Å². The molecular weight excluding hydrogens is 296 g/mol. The average molecular weight is 315 g/mol. The van der Waals surface area contributed by atoms with Crippen LogP contribution in [0.3, 0.4) is 0 Å².